The minimum atomic E-state index is -0.288. The predicted octanol–water partition coefficient (Wildman–Crippen LogP) is 2.47. The summed E-state index contributed by atoms with van der Waals surface area (Å²) in [4.78, 5) is 14.2. The first-order chi connectivity index (χ1) is 9.56. The molecule has 4 nitrogen and oxygen atoms in total. The van der Waals surface area contributed by atoms with Crippen LogP contribution in [0.5, 0.6) is 0 Å². The van der Waals surface area contributed by atoms with Crippen molar-refractivity contribution in [3.63, 3.8) is 0 Å². The Bertz CT molecular complexity index is 307. The van der Waals surface area contributed by atoms with Crippen molar-refractivity contribution in [2.75, 3.05) is 26.3 Å². The number of nitrogens with zero attached hydrogens (tertiary/aromatic N) is 1. The van der Waals surface area contributed by atoms with Crippen LogP contribution in [-0.4, -0.2) is 49.3 Å². The quantitative estimate of drug-likeness (QED) is 0.720. The number of hydrogen-bond acceptors (Lipinski definition) is 3. The molecule has 0 aromatic carbocycles. The Morgan fingerprint density at radius 1 is 1.15 bits per heavy atom. The van der Waals surface area contributed by atoms with E-state index < -0.39 is 0 Å². The minimum Gasteiger partial charge on any atom is -0.378 e. The molecule has 0 spiro atoms. The van der Waals surface area contributed by atoms with Crippen LogP contribution >= 0.6 is 0 Å². The van der Waals surface area contributed by atoms with Gasteiger partial charge in [0.1, 0.15) is 6.10 Å². The number of likely N-dealkylation sites (tertiary alicyclic amines) is 1. The second-order valence-electron chi connectivity index (χ2n) is 6.67. The van der Waals surface area contributed by atoms with Gasteiger partial charge < -0.3 is 14.4 Å². The molecular weight excluding hydrogens is 254 g/mol. The molecule has 20 heavy (non-hydrogen) atoms. The highest BCUT2D eigenvalue weighted by molar-refractivity contribution is 5.80. The monoisotopic (exact) mass is 283 g/mol. The van der Waals surface area contributed by atoms with Crippen molar-refractivity contribution in [2.24, 2.45) is 11.8 Å². The summed E-state index contributed by atoms with van der Waals surface area (Å²) in [6, 6.07) is 0. The zero-order valence-electron chi connectivity index (χ0n) is 13.1. The van der Waals surface area contributed by atoms with Crippen LogP contribution in [0.25, 0.3) is 0 Å². The van der Waals surface area contributed by atoms with Gasteiger partial charge in [0.2, 0.25) is 0 Å². The van der Waals surface area contributed by atoms with E-state index >= 15 is 0 Å². The molecule has 1 atom stereocenters. The first-order valence-corrected chi connectivity index (χ1v) is 8.08. The Labute approximate surface area is 122 Å². The summed E-state index contributed by atoms with van der Waals surface area (Å²) in [6.45, 7) is 9.39. The molecule has 2 aliphatic rings. The number of rotatable bonds is 7. The number of carbonyl (C=O) groups is 1. The van der Waals surface area contributed by atoms with Crippen LogP contribution < -0.4 is 0 Å². The summed E-state index contributed by atoms with van der Waals surface area (Å²) >= 11 is 0. The molecule has 1 heterocycles. The maximum atomic E-state index is 12.3. The normalized spacial score (nSPS) is 22.3. The lowest BCUT2D eigenvalue weighted by molar-refractivity contribution is -0.145. The molecule has 1 aliphatic heterocycles. The van der Waals surface area contributed by atoms with Crippen LogP contribution in [0.2, 0.25) is 0 Å². The van der Waals surface area contributed by atoms with E-state index in [-0.39, 0.29) is 12.0 Å². The fourth-order valence-electron chi connectivity index (χ4n) is 2.46. The molecule has 0 aromatic heterocycles. The van der Waals surface area contributed by atoms with Crippen molar-refractivity contribution >= 4 is 5.91 Å². The van der Waals surface area contributed by atoms with Crippen molar-refractivity contribution < 1.29 is 14.3 Å². The Hall–Kier alpha value is -0.610. The SMILES string of the molecule is CC(C)COC1CCN(C(=O)C(C)OCC2CC2)CC1. The van der Waals surface area contributed by atoms with Gasteiger partial charge in [-0.1, -0.05) is 13.8 Å². The average Bonchev–Trinajstić information content (AvgIpc) is 3.26. The zero-order chi connectivity index (χ0) is 14.5. The van der Waals surface area contributed by atoms with Crippen molar-refractivity contribution in [1.82, 2.24) is 4.90 Å². The molecular formula is C16H29NO3. The minimum absolute atomic E-state index is 0.146. The molecule has 2 rings (SSSR count). The maximum Gasteiger partial charge on any atom is 0.251 e. The van der Waals surface area contributed by atoms with Crippen LogP contribution in [0.1, 0.15) is 46.5 Å². The van der Waals surface area contributed by atoms with Crippen molar-refractivity contribution in [1.29, 1.82) is 0 Å². The molecule has 1 saturated carbocycles. The van der Waals surface area contributed by atoms with E-state index in [9.17, 15) is 4.79 Å². The van der Waals surface area contributed by atoms with E-state index in [4.69, 9.17) is 9.47 Å². The predicted molar refractivity (Wildman–Crippen MR) is 78.5 cm³/mol. The lowest BCUT2D eigenvalue weighted by Gasteiger charge is -2.33. The second-order valence-corrected chi connectivity index (χ2v) is 6.67. The van der Waals surface area contributed by atoms with Gasteiger partial charge in [0.25, 0.3) is 5.91 Å². The molecule has 0 bridgehead atoms. The molecule has 1 aliphatic carbocycles. The van der Waals surface area contributed by atoms with E-state index in [1.807, 2.05) is 11.8 Å². The number of carbonyl (C=O) groups excluding carboxylic acids is 1. The molecule has 0 radical (unpaired) electrons. The third-order valence-electron chi connectivity index (χ3n) is 4.05. The van der Waals surface area contributed by atoms with E-state index in [1.54, 1.807) is 0 Å². The molecule has 1 unspecified atom stereocenters. The highest BCUT2D eigenvalue weighted by Crippen LogP contribution is 2.29. The Kier molecular flexibility index (Phi) is 5.85. The van der Waals surface area contributed by atoms with Crippen LogP contribution in [0.15, 0.2) is 0 Å². The van der Waals surface area contributed by atoms with Crippen LogP contribution in [0.4, 0.5) is 0 Å². The van der Waals surface area contributed by atoms with Crippen LogP contribution in [0.3, 0.4) is 0 Å². The standard InChI is InChI=1S/C16H29NO3/c1-12(2)10-20-15-6-8-17(9-7-15)16(18)13(3)19-11-14-4-5-14/h12-15H,4-11H2,1-3H3. The molecule has 1 saturated heterocycles. The summed E-state index contributed by atoms with van der Waals surface area (Å²) in [5, 5.41) is 0. The Balaban J connectivity index is 1.65. The smallest absolute Gasteiger partial charge is 0.251 e. The summed E-state index contributed by atoms with van der Waals surface area (Å²) in [5.74, 6) is 1.43. The first-order valence-electron chi connectivity index (χ1n) is 8.08. The van der Waals surface area contributed by atoms with E-state index in [0.29, 0.717) is 17.9 Å². The van der Waals surface area contributed by atoms with Crippen molar-refractivity contribution in [3.8, 4) is 0 Å². The van der Waals surface area contributed by atoms with Gasteiger partial charge >= 0.3 is 0 Å². The summed E-state index contributed by atoms with van der Waals surface area (Å²) < 4.78 is 11.5. The highest BCUT2D eigenvalue weighted by Gasteiger charge is 2.28. The van der Waals surface area contributed by atoms with Crippen LogP contribution in [-0.2, 0) is 14.3 Å². The van der Waals surface area contributed by atoms with Gasteiger partial charge in [-0.25, -0.2) is 0 Å². The van der Waals surface area contributed by atoms with Gasteiger partial charge in [0, 0.05) is 19.7 Å². The lowest BCUT2D eigenvalue weighted by Crippen LogP contribution is -2.45. The van der Waals surface area contributed by atoms with Gasteiger partial charge in [0.05, 0.1) is 12.7 Å². The fourth-order valence-corrected chi connectivity index (χ4v) is 2.46. The third-order valence-corrected chi connectivity index (χ3v) is 4.05. The van der Waals surface area contributed by atoms with Gasteiger partial charge in [-0.05, 0) is 44.4 Å². The first kappa shape index (κ1) is 15.8. The fraction of sp³-hybridized carbons (Fsp3) is 0.938. The average molecular weight is 283 g/mol. The zero-order valence-corrected chi connectivity index (χ0v) is 13.1. The molecule has 0 N–H and O–H groups in total. The Morgan fingerprint density at radius 3 is 2.35 bits per heavy atom. The van der Waals surface area contributed by atoms with E-state index in [0.717, 1.165) is 39.1 Å². The molecule has 0 aromatic rings. The molecule has 1 amide bonds. The summed E-state index contributed by atoms with van der Waals surface area (Å²) in [5.41, 5.74) is 0. The lowest BCUT2D eigenvalue weighted by atomic mass is 10.1. The van der Waals surface area contributed by atoms with Crippen LogP contribution in [0, 0.1) is 11.8 Å². The molecule has 4 heteroatoms. The van der Waals surface area contributed by atoms with Crippen molar-refractivity contribution in [3.05, 3.63) is 0 Å². The van der Waals surface area contributed by atoms with Gasteiger partial charge in [-0.3, -0.25) is 4.79 Å². The molecule has 116 valence electrons. The maximum absolute atomic E-state index is 12.3. The van der Waals surface area contributed by atoms with E-state index in [1.165, 1.54) is 12.8 Å². The molecule has 2 fully saturated rings. The van der Waals surface area contributed by atoms with Gasteiger partial charge in [-0.15, -0.1) is 0 Å². The van der Waals surface area contributed by atoms with Crippen molar-refractivity contribution in [2.45, 2.75) is 58.7 Å². The topological polar surface area (TPSA) is 38.8 Å². The van der Waals surface area contributed by atoms with Gasteiger partial charge in [-0.2, -0.15) is 0 Å². The number of hydrogen-bond donors (Lipinski definition) is 0. The largest absolute Gasteiger partial charge is 0.378 e. The highest BCUT2D eigenvalue weighted by atomic mass is 16.5. The van der Waals surface area contributed by atoms with Gasteiger partial charge in [0.15, 0.2) is 0 Å². The number of piperidine rings is 1. The summed E-state index contributed by atoms with van der Waals surface area (Å²) in [6.07, 6.45) is 4.47. The number of amides is 1. The second kappa shape index (κ2) is 7.41. The third kappa shape index (κ3) is 5.06. The number of ether oxygens (including phenoxy) is 2. The summed E-state index contributed by atoms with van der Waals surface area (Å²) in [7, 11) is 0. The van der Waals surface area contributed by atoms with E-state index in [2.05, 4.69) is 13.8 Å². The Morgan fingerprint density at radius 2 is 1.80 bits per heavy atom.